The number of carbonyl (C=O) groups is 1. The van der Waals surface area contributed by atoms with Crippen molar-refractivity contribution in [1.29, 1.82) is 0 Å². The third-order valence-corrected chi connectivity index (χ3v) is 7.79. The second-order valence-electron chi connectivity index (χ2n) is 10.6. The van der Waals surface area contributed by atoms with Crippen LogP contribution in [0.5, 0.6) is 5.75 Å². The fraction of sp³-hybridized carbons (Fsp3) is 0.367. The maximum absolute atomic E-state index is 13.9. The van der Waals surface area contributed by atoms with E-state index in [4.69, 9.17) is 9.57 Å². The van der Waals surface area contributed by atoms with Crippen molar-refractivity contribution in [3.63, 3.8) is 0 Å². The second kappa shape index (κ2) is 11.9. The third-order valence-electron chi connectivity index (χ3n) is 7.79. The van der Waals surface area contributed by atoms with Gasteiger partial charge >= 0.3 is 0 Å². The number of rotatable bonds is 9. The average Bonchev–Trinajstić information content (AvgIpc) is 3.72. The van der Waals surface area contributed by atoms with Gasteiger partial charge in [0.1, 0.15) is 29.5 Å². The number of benzene rings is 2. The molecule has 3 aromatic rings. The first-order chi connectivity index (χ1) is 20.4. The molecule has 220 valence electrons. The Labute approximate surface area is 242 Å². The summed E-state index contributed by atoms with van der Waals surface area (Å²) in [7, 11) is 1.59. The largest absolute Gasteiger partial charge is 0.494 e. The van der Waals surface area contributed by atoms with E-state index in [1.54, 1.807) is 18.2 Å². The van der Waals surface area contributed by atoms with Crippen LogP contribution in [0.4, 0.5) is 37.5 Å². The summed E-state index contributed by atoms with van der Waals surface area (Å²) < 4.78 is 33.6. The molecule has 1 atom stereocenters. The first-order valence-electron chi connectivity index (χ1n) is 14.0. The summed E-state index contributed by atoms with van der Waals surface area (Å²) >= 11 is 0. The van der Waals surface area contributed by atoms with Crippen molar-refractivity contribution < 1.29 is 23.1 Å². The van der Waals surface area contributed by atoms with Crippen LogP contribution in [0.3, 0.4) is 0 Å². The molecule has 3 heterocycles. The molecule has 1 unspecified atom stereocenters. The van der Waals surface area contributed by atoms with Gasteiger partial charge in [0.15, 0.2) is 5.82 Å². The molecule has 0 bridgehead atoms. The molecular formula is C30H33F2N7O3. The molecule has 0 spiro atoms. The molecule has 2 N–H and O–H groups in total. The van der Waals surface area contributed by atoms with Gasteiger partial charge in [-0.1, -0.05) is 6.58 Å². The lowest BCUT2D eigenvalue weighted by Gasteiger charge is -2.37. The maximum Gasteiger partial charge on any atom is 0.247 e. The van der Waals surface area contributed by atoms with E-state index < -0.39 is 17.7 Å². The number of methoxy groups -OCH3 is 1. The molecule has 3 fully saturated rings. The van der Waals surface area contributed by atoms with E-state index in [9.17, 15) is 13.6 Å². The summed E-state index contributed by atoms with van der Waals surface area (Å²) in [4.78, 5) is 31.7. The Morgan fingerprint density at radius 2 is 1.79 bits per heavy atom. The number of ether oxygens (including phenoxy) is 1. The Bertz CT molecular complexity index is 1460. The van der Waals surface area contributed by atoms with Gasteiger partial charge in [0.25, 0.3) is 0 Å². The van der Waals surface area contributed by atoms with Crippen molar-refractivity contribution >= 4 is 34.6 Å². The molecule has 10 nitrogen and oxygen atoms in total. The third kappa shape index (κ3) is 6.00. The van der Waals surface area contributed by atoms with Crippen molar-refractivity contribution in [2.24, 2.45) is 0 Å². The minimum atomic E-state index is -0.651. The van der Waals surface area contributed by atoms with Gasteiger partial charge in [0.05, 0.1) is 36.8 Å². The van der Waals surface area contributed by atoms with Gasteiger partial charge in [-0.2, -0.15) is 0 Å². The van der Waals surface area contributed by atoms with Crippen LogP contribution in [-0.2, 0) is 9.63 Å². The molecule has 2 saturated heterocycles. The number of hydrogen-bond donors (Lipinski definition) is 2. The van der Waals surface area contributed by atoms with E-state index in [1.165, 1.54) is 37.4 Å². The zero-order valence-corrected chi connectivity index (χ0v) is 23.4. The number of amides is 1. The highest BCUT2D eigenvalue weighted by atomic mass is 19.1. The van der Waals surface area contributed by atoms with Gasteiger partial charge in [-0.3, -0.25) is 14.5 Å². The summed E-state index contributed by atoms with van der Waals surface area (Å²) in [5.41, 5.74) is 2.51. The molecule has 42 heavy (non-hydrogen) atoms. The SMILES string of the molecule is C=CC(=O)Nc1cc(Nc2cc(N3OCCC3c3cc(F)cc(F)c3)ncn2)c(OC)cc1N1CCN(C2CC2)CC1. The molecule has 1 aromatic heterocycles. The number of halogens is 2. The lowest BCUT2D eigenvalue weighted by molar-refractivity contribution is -0.111. The number of aromatic nitrogens is 2. The highest BCUT2D eigenvalue weighted by molar-refractivity contribution is 6.02. The first kappa shape index (κ1) is 27.9. The normalized spacial score (nSPS) is 19.1. The predicted octanol–water partition coefficient (Wildman–Crippen LogP) is 4.80. The molecule has 1 amide bonds. The van der Waals surface area contributed by atoms with E-state index in [-0.39, 0.29) is 5.91 Å². The number of piperazine rings is 1. The standard InChI is InChI=1S/C30H33F2N7O3/c1-3-30(40)36-23-15-24(27(41-2)16-26(23)38-9-7-37(8-10-38)22-4-5-22)35-28-17-29(34-18-33-28)39-25(6-11-42-39)19-12-20(31)14-21(32)13-19/h3,12-18,22,25H,1,4-11H2,2H3,(H,36,40)(H,33,34,35). The van der Waals surface area contributed by atoms with Gasteiger partial charge in [-0.05, 0) is 42.7 Å². The van der Waals surface area contributed by atoms with E-state index in [2.05, 4.69) is 37.0 Å². The van der Waals surface area contributed by atoms with Gasteiger partial charge < -0.3 is 20.3 Å². The van der Waals surface area contributed by atoms with Gasteiger partial charge in [-0.15, -0.1) is 0 Å². The lowest BCUT2D eigenvalue weighted by atomic mass is 10.0. The van der Waals surface area contributed by atoms with E-state index in [0.717, 1.165) is 37.9 Å². The number of anilines is 5. The molecule has 6 rings (SSSR count). The number of nitrogens with one attached hydrogen (secondary N) is 2. The maximum atomic E-state index is 13.9. The van der Waals surface area contributed by atoms with E-state index >= 15 is 0 Å². The molecule has 12 heteroatoms. The summed E-state index contributed by atoms with van der Waals surface area (Å²) in [5, 5.41) is 7.75. The summed E-state index contributed by atoms with van der Waals surface area (Å²) in [6.45, 7) is 7.57. The number of nitrogens with zero attached hydrogens (tertiary/aromatic N) is 5. The first-order valence-corrected chi connectivity index (χ1v) is 14.0. The van der Waals surface area contributed by atoms with Crippen molar-refractivity contribution in [3.8, 4) is 5.75 Å². The number of hydrogen-bond acceptors (Lipinski definition) is 9. The van der Waals surface area contributed by atoms with Crippen molar-refractivity contribution in [2.75, 3.05) is 60.5 Å². The fourth-order valence-electron chi connectivity index (χ4n) is 5.59. The zero-order chi connectivity index (χ0) is 29.2. The van der Waals surface area contributed by atoms with Crippen LogP contribution in [0.1, 0.15) is 30.9 Å². The summed E-state index contributed by atoms with van der Waals surface area (Å²) in [6.07, 6.45) is 5.69. The monoisotopic (exact) mass is 577 g/mol. The van der Waals surface area contributed by atoms with Crippen LogP contribution in [0.2, 0.25) is 0 Å². The molecule has 2 aromatic carbocycles. The van der Waals surface area contributed by atoms with Crippen molar-refractivity contribution in [2.45, 2.75) is 31.3 Å². The fourth-order valence-corrected chi connectivity index (χ4v) is 5.59. The minimum absolute atomic E-state index is 0.320. The highest BCUT2D eigenvalue weighted by Crippen LogP contribution is 2.40. The Morgan fingerprint density at radius 3 is 2.48 bits per heavy atom. The minimum Gasteiger partial charge on any atom is -0.494 e. The number of carbonyl (C=O) groups excluding carboxylic acids is 1. The van der Waals surface area contributed by atoms with Gasteiger partial charge in [0, 0.05) is 56.8 Å². The predicted molar refractivity (Wildman–Crippen MR) is 156 cm³/mol. The lowest BCUT2D eigenvalue weighted by Crippen LogP contribution is -2.47. The quantitative estimate of drug-likeness (QED) is 0.348. The molecule has 2 aliphatic heterocycles. The van der Waals surface area contributed by atoms with Crippen LogP contribution < -0.4 is 25.3 Å². The molecule has 1 aliphatic carbocycles. The Morgan fingerprint density at radius 1 is 1.02 bits per heavy atom. The molecule has 1 saturated carbocycles. The topological polar surface area (TPSA) is 95.1 Å². The summed E-state index contributed by atoms with van der Waals surface area (Å²) in [6, 6.07) is 9.13. The second-order valence-corrected chi connectivity index (χ2v) is 10.6. The molecule has 0 radical (unpaired) electrons. The Balaban J connectivity index is 1.27. The average molecular weight is 578 g/mol. The van der Waals surface area contributed by atoms with E-state index in [0.29, 0.717) is 53.4 Å². The zero-order valence-electron chi connectivity index (χ0n) is 23.4. The van der Waals surface area contributed by atoms with Crippen LogP contribution >= 0.6 is 0 Å². The Hall–Kier alpha value is -4.29. The Kier molecular flexibility index (Phi) is 7.90. The van der Waals surface area contributed by atoms with Gasteiger partial charge in [0.2, 0.25) is 5.91 Å². The van der Waals surface area contributed by atoms with Gasteiger partial charge in [-0.25, -0.2) is 23.8 Å². The molecular weight excluding hydrogens is 544 g/mol. The van der Waals surface area contributed by atoms with Crippen LogP contribution in [0.15, 0.2) is 55.4 Å². The van der Waals surface area contributed by atoms with Crippen molar-refractivity contribution in [1.82, 2.24) is 14.9 Å². The van der Waals surface area contributed by atoms with Crippen molar-refractivity contribution in [3.05, 3.63) is 72.6 Å². The van der Waals surface area contributed by atoms with Crippen LogP contribution in [0, 0.1) is 11.6 Å². The smallest absolute Gasteiger partial charge is 0.247 e. The summed E-state index contributed by atoms with van der Waals surface area (Å²) in [5.74, 6) is -0.201. The number of hydroxylamine groups is 1. The van der Waals surface area contributed by atoms with Crippen LogP contribution in [0.25, 0.3) is 0 Å². The van der Waals surface area contributed by atoms with Crippen LogP contribution in [-0.4, -0.2) is 66.7 Å². The van der Waals surface area contributed by atoms with E-state index in [1.807, 2.05) is 12.1 Å². The molecule has 3 aliphatic rings. The highest BCUT2D eigenvalue weighted by Gasteiger charge is 2.32.